The maximum absolute atomic E-state index is 12.0. The molecule has 126 valence electrons. The van der Waals surface area contributed by atoms with E-state index in [4.69, 9.17) is 27.9 Å². The topological polar surface area (TPSA) is 38.3 Å². The van der Waals surface area contributed by atoms with E-state index < -0.39 is 0 Å². The number of anilines is 1. The van der Waals surface area contributed by atoms with Crippen molar-refractivity contribution in [3.63, 3.8) is 0 Å². The van der Waals surface area contributed by atoms with Crippen LogP contribution >= 0.6 is 23.2 Å². The average Bonchev–Trinajstić information content (AvgIpc) is 2.56. The average molecular weight is 364 g/mol. The second-order valence-corrected chi connectivity index (χ2v) is 6.00. The molecule has 1 N–H and O–H groups in total. The fourth-order valence-corrected chi connectivity index (χ4v) is 2.51. The number of benzene rings is 2. The van der Waals surface area contributed by atoms with Gasteiger partial charge < -0.3 is 10.1 Å². The van der Waals surface area contributed by atoms with Crippen LogP contribution in [-0.2, 0) is 4.79 Å². The Kier molecular flexibility index (Phi) is 7.16. The highest BCUT2D eigenvalue weighted by Gasteiger charge is 2.03. The van der Waals surface area contributed by atoms with Gasteiger partial charge in [0.2, 0.25) is 5.91 Å². The minimum Gasteiger partial charge on any atom is -0.494 e. The molecule has 0 saturated heterocycles. The fraction of sp³-hybridized carbons (Fsp3) is 0.211. The van der Waals surface area contributed by atoms with Crippen LogP contribution < -0.4 is 10.1 Å². The van der Waals surface area contributed by atoms with Crippen LogP contribution in [0, 0.1) is 0 Å². The molecule has 2 aromatic rings. The summed E-state index contributed by atoms with van der Waals surface area (Å²) in [5.41, 5.74) is 1.31. The zero-order valence-corrected chi connectivity index (χ0v) is 14.9. The van der Waals surface area contributed by atoms with Gasteiger partial charge in [-0.3, -0.25) is 4.79 Å². The smallest absolute Gasteiger partial charge is 0.248 e. The lowest BCUT2D eigenvalue weighted by Gasteiger charge is -2.07. The van der Waals surface area contributed by atoms with E-state index in [1.54, 1.807) is 36.4 Å². The Morgan fingerprint density at radius 3 is 2.42 bits per heavy atom. The first kappa shape index (κ1) is 18.4. The number of carbonyl (C=O) groups is 1. The molecule has 3 nitrogen and oxygen atoms in total. The molecule has 0 fully saturated rings. The number of hydrogen-bond donors (Lipinski definition) is 1. The molecule has 1 amide bonds. The number of hydrogen-bond acceptors (Lipinski definition) is 2. The van der Waals surface area contributed by atoms with Crippen molar-refractivity contribution in [2.45, 2.75) is 19.8 Å². The van der Waals surface area contributed by atoms with Gasteiger partial charge in [-0.25, -0.2) is 0 Å². The molecule has 0 radical (unpaired) electrons. The minimum absolute atomic E-state index is 0.259. The van der Waals surface area contributed by atoms with Crippen LogP contribution in [0.5, 0.6) is 5.75 Å². The van der Waals surface area contributed by atoms with Gasteiger partial charge in [-0.15, -0.1) is 0 Å². The van der Waals surface area contributed by atoms with Crippen LogP contribution in [0.15, 0.2) is 48.5 Å². The molecule has 0 heterocycles. The molecule has 24 heavy (non-hydrogen) atoms. The third kappa shape index (κ3) is 5.59. The van der Waals surface area contributed by atoms with Crippen LogP contribution in [-0.4, -0.2) is 12.5 Å². The number of carbonyl (C=O) groups excluding carboxylic acids is 1. The van der Waals surface area contributed by atoms with Gasteiger partial charge >= 0.3 is 0 Å². The van der Waals surface area contributed by atoms with Gasteiger partial charge in [-0.2, -0.15) is 0 Å². The van der Waals surface area contributed by atoms with E-state index in [2.05, 4.69) is 12.2 Å². The van der Waals surface area contributed by atoms with Gasteiger partial charge in [0.25, 0.3) is 0 Å². The predicted molar refractivity (Wildman–Crippen MR) is 101 cm³/mol. The molecule has 2 aromatic carbocycles. The Bertz CT molecular complexity index is 692. The Labute approximate surface area is 152 Å². The third-order valence-electron chi connectivity index (χ3n) is 3.29. The number of rotatable bonds is 7. The molecular formula is C19H19Cl2NO2. The maximum atomic E-state index is 12.0. The predicted octanol–water partition coefficient (Wildman–Crippen LogP) is 5.82. The van der Waals surface area contributed by atoms with Gasteiger partial charge in [0, 0.05) is 27.4 Å². The van der Waals surface area contributed by atoms with Gasteiger partial charge in [0.1, 0.15) is 5.75 Å². The summed E-state index contributed by atoms with van der Waals surface area (Å²) in [5, 5.41) is 3.78. The Morgan fingerprint density at radius 1 is 1.12 bits per heavy atom. The molecule has 0 spiro atoms. The van der Waals surface area contributed by atoms with Gasteiger partial charge in [-0.05, 0) is 48.9 Å². The highest BCUT2D eigenvalue weighted by atomic mass is 35.5. The number of ether oxygens (including phenoxy) is 1. The molecule has 0 bridgehead atoms. The molecular weight excluding hydrogens is 345 g/mol. The van der Waals surface area contributed by atoms with E-state index in [0.717, 1.165) is 18.6 Å². The molecule has 0 atom stereocenters. The number of unbranched alkanes of at least 4 members (excludes halogenated alkanes) is 1. The van der Waals surface area contributed by atoms with E-state index in [-0.39, 0.29) is 5.91 Å². The van der Waals surface area contributed by atoms with Crippen molar-refractivity contribution in [1.29, 1.82) is 0 Å². The van der Waals surface area contributed by atoms with Crippen LogP contribution in [0.1, 0.15) is 25.3 Å². The Morgan fingerprint density at radius 2 is 1.79 bits per heavy atom. The zero-order chi connectivity index (χ0) is 17.4. The summed E-state index contributed by atoms with van der Waals surface area (Å²) in [6, 6.07) is 12.5. The number of nitrogens with one attached hydrogen (secondary N) is 1. The summed E-state index contributed by atoms with van der Waals surface area (Å²) in [4.78, 5) is 12.0. The number of halogens is 2. The SMILES string of the molecule is CCCCOc1ccc(NC(=O)C=Cc2c(Cl)cccc2Cl)cc1. The van der Waals surface area contributed by atoms with E-state index in [9.17, 15) is 4.79 Å². The quantitative estimate of drug-likeness (QED) is 0.496. The molecule has 0 saturated carbocycles. The molecule has 2 rings (SSSR count). The second-order valence-electron chi connectivity index (χ2n) is 5.18. The van der Waals surface area contributed by atoms with Crippen molar-refractivity contribution in [2.24, 2.45) is 0 Å². The van der Waals surface area contributed by atoms with Gasteiger partial charge in [-0.1, -0.05) is 42.6 Å². The highest BCUT2D eigenvalue weighted by molar-refractivity contribution is 6.37. The lowest BCUT2D eigenvalue weighted by atomic mass is 10.2. The van der Waals surface area contributed by atoms with E-state index in [0.29, 0.717) is 27.9 Å². The molecule has 0 aliphatic carbocycles. The zero-order valence-electron chi connectivity index (χ0n) is 13.4. The van der Waals surface area contributed by atoms with Crippen molar-refractivity contribution in [3.8, 4) is 5.75 Å². The second kappa shape index (κ2) is 9.36. The van der Waals surface area contributed by atoms with Crippen molar-refractivity contribution in [1.82, 2.24) is 0 Å². The van der Waals surface area contributed by atoms with Crippen molar-refractivity contribution in [2.75, 3.05) is 11.9 Å². The van der Waals surface area contributed by atoms with Gasteiger partial charge in [0.15, 0.2) is 0 Å². The Hall–Kier alpha value is -1.97. The molecule has 0 aliphatic heterocycles. The Balaban J connectivity index is 1.93. The molecule has 0 aliphatic rings. The highest BCUT2D eigenvalue weighted by Crippen LogP contribution is 2.25. The monoisotopic (exact) mass is 363 g/mol. The van der Waals surface area contributed by atoms with Crippen molar-refractivity contribution in [3.05, 3.63) is 64.1 Å². The summed E-state index contributed by atoms with van der Waals surface area (Å²) in [5.74, 6) is 0.533. The summed E-state index contributed by atoms with van der Waals surface area (Å²) in [6.07, 6.45) is 5.12. The van der Waals surface area contributed by atoms with Crippen molar-refractivity contribution >= 4 is 40.9 Å². The first-order chi connectivity index (χ1) is 11.6. The van der Waals surface area contributed by atoms with Crippen LogP contribution in [0.2, 0.25) is 10.0 Å². The lowest BCUT2D eigenvalue weighted by molar-refractivity contribution is -0.111. The van der Waals surface area contributed by atoms with Crippen molar-refractivity contribution < 1.29 is 9.53 Å². The first-order valence-corrected chi connectivity index (χ1v) is 8.51. The summed E-state index contributed by atoms with van der Waals surface area (Å²) >= 11 is 12.1. The lowest BCUT2D eigenvalue weighted by Crippen LogP contribution is -2.07. The van der Waals surface area contributed by atoms with Crippen LogP contribution in [0.3, 0.4) is 0 Å². The molecule has 0 unspecified atom stereocenters. The summed E-state index contributed by atoms with van der Waals surface area (Å²) < 4.78 is 5.58. The first-order valence-electron chi connectivity index (χ1n) is 7.76. The van der Waals surface area contributed by atoms with Crippen LogP contribution in [0.25, 0.3) is 6.08 Å². The van der Waals surface area contributed by atoms with Gasteiger partial charge in [0.05, 0.1) is 6.61 Å². The minimum atomic E-state index is -0.259. The third-order valence-corrected chi connectivity index (χ3v) is 3.95. The van der Waals surface area contributed by atoms with Crippen LogP contribution in [0.4, 0.5) is 5.69 Å². The molecule has 0 aromatic heterocycles. The fourth-order valence-electron chi connectivity index (χ4n) is 1.98. The standard InChI is InChI=1S/C19H19Cl2NO2/c1-2-3-13-24-15-9-7-14(8-10-15)22-19(23)12-11-16-17(20)5-4-6-18(16)21/h4-12H,2-3,13H2,1H3,(H,22,23). The van der Waals surface area contributed by atoms with E-state index >= 15 is 0 Å². The number of amides is 1. The molecule has 5 heteroatoms. The maximum Gasteiger partial charge on any atom is 0.248 e. The normalized spacial score (nSPS) is 10.8. The summed E-state index contributed by atoms with van der Waals surface area (Å²) in [7, 11) is 0. The summed E-state index contributed by atoms with van der Waals surface area (Å²) in [6.45, 7) is 2.81. The van der Waals surface area contributed by atoms with E-state index in [1.807, 2.05) is 12.1 Å². The van der Waals surface area contributed by atoms with E-state index in [1.165, 1.54) is 6.08 Å². The largest absolute Gasteiger partial charge is 0.494 e.